The molecule has 1 aromatic heterocycles. The lowest BCUT2D eigenvalue weighted by Crippen LogP contribution is -2.26. The van der Waals surface area contributed by atoms with Gasteiger partial charge in [0.25, 0.3) is 0 Å². The number of nitrogens with one attached hydrogen (secondary N) is 1. The van der Waals surface area contributed by atoms with E-state index < -0.39 is 11.9 Å². The summed E-state index contributed by atoms with van der Waals surface area (Å²) in [6.07, 6.45) is 8.23. The van der Waals surface area contributed by atoms with Crippen molar-refractivity contribution in [1.82, 2.24) is 10.3 Å². The van der Waals surface area contributed by atoms with Crippen molar-refractivity contribution in [3.8, 4) is 0 Å². The SMILES string of the molecule is COC1CCC(CCNCC(O)c2cncc(F)c2)CC1. The molecule has 4 nitrogen and oxygen atoms in total. The fourth-order valence-electron chi connectivity index (χ4n) is 2.93. The summed E-state index contributed by atoms with van der Waals surface area (Å²) in [5.41, 5.74) is 0.517. The molecular formula is C16H25FN2O2. The molecule has 1 heterocycles. The Morgan fingerprint density at radius 2 is 2.14 bits per heavy atom. The van der Waals surface area contributed by atoms with Gasteiger partial charge in [-0.15, -0.1) is 0 Å². The Morgan fingerprint density at radius 3 is 2.81 bits per heavy atom. The van der Waals surface area contributed by atoms with Gasteiger partial charge >= 0.3 is 0 Å². The Hall–Kier alpha value is -1.04. The lowest BCUT2D eigenvalue weighted by atomic mass is 9.85. The molecule has 0 bridgehead atoms. The first kappa shape index (κ1) is 16.3. The van der Waals surface area contributed by atoms with Gasteiger partial charge in [-0.05, 0) is 50.6 Å². The number of hydrogen-bond acceptors (Lipinski definition) is 4. The zero-order chi connectivity index (χ0) is 15.1. The maximum Gasteiger partial charge on any atom is 0.141 e. The summed E-state index contributed by atoms with van der Waals surface area (Å²) in [5, 5.41) is 13.2. The van der Waals surface area contributed by atoms with Gasteiger partial charge in [-0.25, -0.2) is 4.39 Å². The van der Waals surface area contributed by atoms with Crippen LogP contribution in [0, 0.1) is 11.7 Å². The van der Waals surface area contributed by atoms with Gasteiger partial charge in [0, 0.05) is 25.4 Å². The van der Waals surface area contributed by atoms with Crippen molar-refractivity contribution in [2.24, 2.45) is 5.92 Å². The number of aliphatic hydroxyl groups excluding tert-OH is 1. The van der Waals surface area contributed by atoms with E-state index in [1.54, 1.807) is 7.11 Å². The number of ether oxygens (including phenoxy) is 1. The number of rotatable bonds is 7. The van der Waals surface area contributed by atoms with E-state index in [1.807, 2.05) is 0 Å². The molecule has 118 valence electrons. The number of halogens is 1. The van der Waals surface area contributed by atoms with Crippen LogP contribution in [0.1, 0.15) is 43.8 Å². The highest BCUT2D eigenvalue weighted by atomic mass is 19.1. The number of methoxy groups -OCH3 is 1. The van der Waals surface area contributed by atoms with Crippen molar-refractivity contribution in [3.63, 3.8) is 0 Å². The molecule has 5 heteroatoms. The predicted octanol–water partition coefficient (Wildman–Crippen LogP) is 2.44. The number of nitrogens with zero attached hydrogens (tertiary/aromatic N) is 1. The average molecular weight is 296 g/mol. The van der Waals surface area contributed by atoms with Gasteiger partial charge in [0.1, 0.15) is 5.82 Å². The minimum absolute atomic E-state index is 0.415. The molecule has 21 heavy (non-hydrogen) atoms. The molecule has 0 spiro atoms. The highest BCUT2D eigenvalue weighted by molar-refractivity contribution is 5.13. The van der Waals surface area contributed by atoms with Crippen molar-refractivity contribution in [2.75, 3.05) is 20.2 Å². The lowest BCUT2D eigenvalue weighted by Gasteiger charge is -2.27. The molecule has 2 rings (SSSR count). The van der Waals surface area contributed by atoms with E-state index in [1.165, 1.54) is 25.1 Å². The molecule has 1 unspecified atom stereocenters. The zero-order valence-corrected chi connectivity index (χ0v) is 12.6. The first-order valence-electron chi connectivity index (χ1n) is 7.71. The van der Waals surface area contributed by atoms with Crippen molar-refractivity contribution in [3.05, 3.63) is 29.8 Å². The van der Waals surface area contributed by atoms with Crippen molar-refractivity contribution in [2.45, 2.75) is 44.3 Å². The standard InChI is InChI=1S/C16H25FN2O2/c1-21-15-4-2-12(3-5-15)6-7-18-11-16(20)13-8-14(17)10-19-9-13/h8-10,12,15-16,18,20H,2-7,11H2,1H3. The smallest absolute Gasteiger partial charge is 0.141 e. The maximum absolute atomic E-state index is 13.0. The molecule has 0 radical (unpaired) electrons. The van der Waals surface area contributed by atoms with Crippen molar-refractivity contribution in [1.29, 1.82) is 0 Å². The summed E-state index contributed by atoms with van der Waals surface area (Å²) in [4.78, 5) is 3.75. The van der Waals surface area contributed by atoms with Gasteiger partial charge < -0.3 is 15.2 Å². The van der Waals surface area contributed by atoms with Gasteiger partial charge in [0.2, 0.25) is 0 Å². The van der Waals surface area contributed by atoms with E-state index >= 15 is 0 Å². The highest BCUT2D eigenvalue weighted by Crippen LogP contribution is 2.27. The summed E-state index contributed by atoms with van der Waals surface area (Å²) in [6, 6.07) is 1.32. The molecule has 0 aliphatic heterocycles. The van der Waals surface area contributed by atoms with Crippen LogP contribution in [-0.2, 0) is 4.74 Å². The molecule has 1 aromatic rings. The molecule has 1 aliphatic carbocycles. The van der Waals surface area contributed by atoms with Gasteiger partial charge in [-0.2, -0.15) is 0 Å². The molecule has 1 fully saturated rings. The Bertz CT molecular complexity index is 422. The largest absolute Gasteiger partial charge is 0.387 e. The summed E-state index contributed by atoms with van der Waals surface area (Å²) < 4.78 is 18.4. The van der Waals surface area contributed by atoms with Crippen LogP contribution in [0.5, 0.6) is 0 Å². The summed E-state index contributed by atoms with van der Waals surface area (Å²) in [7, 11) is 1.79. The molecule has 0 amide bonds. The van der Waals surface area contributed by atoms with Crippen molar-refractivity contribution >= 4 is 0 Å². The second-order valence-corrected chi connectivity index (χ2v) is 5.82. The second-order valence-electron chi connectivity index (χ2n) is 5.82. The van der Waals surface area contributed by atoms with Crippen LogP contribution in [-0.4, -0.2) is 36.4 Å². The summed E-state index contributed by atoms with van der Waals surface area (Å²) >= 11 is 0. The van der Waals surface area contributed by atoms with Crippen LogP contribution in [0.4, 0.5) is 4.39 Å². The predicted molar refractivity (Wildman–Crippen MR) is 79.4 cm³/mol. The molecule has 0 aromatic carbocycles. The normalized spacial score (nSPS) is 24.0. The zero-order valence-electron chi connectivity index (χ0n) is 12.6. The molecule has 2 N–H and O–H groups in total. The van der Waals surface area contributed by atoms with Gasteiger partial charge in [-0.3, -0.25) is 4.98 Å². The Kier molecular flexibility index (Phi) is 6.54. The second kappa shape index (κ2) is 8.41. The molecule has 1 atom stereocenters. The third-order valence-electron chi connectivity index (χ3n) is 4.30. The monoisotopic (exact) mass is 296 g/mol. The Labute approximate surface area is 125 Å². The minimum Gasteiger partial charge on any atom is -0.387 e. The number of aromatic nitrogens is 1. The number of pyridine rings is 1. The molecule has 1 aliphatic rings. The van der Waals surface area contributed by atoms with Gasteiger partial charge in [0.05, 0.1) is 18.4 Å². The minimum atomic E-state index is -0.711. The van der Waals surface area contributed by atoms with E-state index in [-0.39, 0.29) is 0 Å². The summed E-state index contributed by atoms with van der Waals surface area (Å²) in [5.74, 6) is 0.332. The number of hydrogen-bond donors (Lipinski definition) is 2. The fourth-order valence-corrected chi connectivity index (χ4v) is 2.93. The van der Waals surface area contributed by atoms with Crippen LogP contribution in [0.2, 0.25) is 0 Å². The molecule has 0 saturated heterocycles. The van der Waals surface area contributed by atoms with E-state index in [0.29, 0.717) is 18.2 Å². The van der Waals surface area contributed by atoms with E-state index in [9.17, 15) is 9.50 Å². The lowest BCUT2D eigenvalue weighted by molar-refractivity contribution is 0.0554. The van der Waals surface area contributed by atoms with Crippen LogP contribution in [0.25, 0.3) is 0 Å². The highest BCUT2D eigenvalue weighted by Gasteiger charge is 2.20. The Balaban J connectivity index is 1.61. The van der Waals surface area contributed by atoms with E-state index in [2.05, 4.69) is 10.3 Å². The first-order chi connectivity index (χ1) is 10.2. The maximum atomic E-state index is 13.0. The third-order valence-corrected chi connectivity index (χ3v) is 4.30. The molecule has 1 saturated carbocycles. The van der Waals surface area contributed by atoms with Crippen LogP contribution < -0.4 is 5.32 Å². The first-order valence-corrected chi connectivity index (χ1v) is 7.71. The van der Waals surface area contributed by atoms with Gasteiger partial charge in [0.15, 0.2) is 0 Å². The van der Waals surface area contributed by atoms with Crippen LogP contribution in [0.3, 0.4) is 0 Å². The van der Waals surface area contributed by atoms with E-state index in [4.69, 9.17) is 4.74 Å². The number of aliphatic hydroxyl groups is 1. The summed E-state index contributed by atoms with van der Waals surface area (Å²) in [6.45, 7) is 1.31. The Morgan fingerprint density at radius 1 is 1.38 bits per heavy atom. The van der Waals surface area contributed by atoms with E-state index in [0.717, 1.165) is 37.9 Å². The van der Waals surface area contributed by atoms with Crippen molar-refractivity contribution < 1.29 is 14.2 Å². The van der Waals surface area contributed by atoms with Crippen LogP contribution >= 0.6 is 0 Å². The van der Waals surface area contributed by atoms with Crippen LogP contribution in [0.15, 0.2) is 18.5 Å². The topological polar surface area (TPSA) is 54.4 Å². The quantitative estimate of drug-likeness (QED) is 0.759. The van der Waals surface area contributed by atoms with Gasteiger partial charge in [-0.1, -0.05) is 0 Å². The fraction of sp³-hybridized carbons (Fsp3) is 0.688. The average Bonchev–Trinajstić information content (AvgIpc) is 2.52. The third kappa shape index (κ3) is 5.34. The molecular weight excluding hydrogens is 271 g/mol.